The lowest BCUT2D eigenvalue weighted by molar-refractivity contribution is 0.0694. The molecule has 0 amide bonds. The van der Waals surface area contributed by atoms with Gasteiger partial charge in [0.1, 0.15) is 5.56 Å². The lowest BCUT2D eigenvalue weighted by Gasteiger charge is -2.11. The lowest BCUT2D eigenvalue weighted by Crippen LogP contribution is -2.26. The molecule has 0 spiro atoms. The van der Waals surface area contributed by atoms with Crippen LogP contribution in [0, 0.1) is 0 Å². The van der Waals surface area contributed by atoms with Gasteiger partial charge in [0.05, 0.1) is 5.69 Å². The van der Waals surface area contributed by atoms with Crippen LogP contribution in [0.3, 0.4) is 0 Å². The highest BCUT2D eigenvalue weighted by Gasteiger charge is 2.13. The van der Waals surface area contributed by atoms with Gasteiger partial charge in [-0.15, -0.1) is 0 Å². The fourth-order valence-corrected chi connectivity index (χ4v) is 1.92. The largest absolute Gasteiger partial charge is 0.477 e. The van der Waals surface area contributed by atoms with Crippen LogP contribution in [0.5, 0.6) is 0 Å². The van der Waals surface area contributed by atoms with Crippen molar-refractivity contribution < 1.29 is 9.90 Å². The Morgan fingerprint density at radius 2 is 1.83 bits per heavy atom. The molecule has 18 heavy (non-hydrogen) atoms. The SMILES string of the molecule is CCn1c(-c2ccccc2)ccc(C(=O)O)c1=O. The highest BCUT2D eigenvalue weighted by atomic mass is 16.4. The van der Waals surface area contributed by atoms with Gasteiger partial charge in [-0.3, -0.25) is 4.79 Å². The molecule has 0 bridgehead atoms. The summed E-state index contributed by atoms with van der Waals surface area (Å²) in [6.07, 6.45) is 0. The number of benzene rings is 1. The van der Waals surface area contributed by atoms with Gasteiger partial charge in [0.25, 0.3) is 5.56 Å². The van der Waals surface area contributed by atoms with E-state index in [1.165, 1.54) is 10.6 Å². The first kappa shape index (κ1) is 12.1. The van der Waals surface area contributed by atoms with Gasteiger partial charge in [0, 0.05) is 6.54 Å². The van der Waals surface area contributed by atoms with Crippen molar-refractivity contribution in [1.82, 2.24) is 4.57 Å². The molecule has 4 heteroatoms. The van der Waals surface area contributed by atoms with Crippen LogP contribution >= 0.6 is 0 Å². The first-order valence-electron chi connectivity index (χ1n) is 5.67. The van der Waals surface area contributed by atoms with Gasteiger partial charge < -0.3 is 9.67 Å². The van der Waals surface area contributed by atoms with Gasteiger partial charge in [-0.2, -0.15) is 0 Å². The van der Waals surface area contributed by atoms with Crippen LogP contribution in [0.25, 0.3) is 11.3 Å². The van der Waals surface area contributed by atoms with E-state index in [9.17, 15) is 9.59 Å². The van der Waals surface area contributed by atoms with Gasteiger partial charge in [-0.25, -0.2) is 4.79 Å². The van der Waals surface area contributed by atoms with E-state index < -0.39 is 11.5 Å². The van der Waals surface area contributed by atoms with E-state index in [0.29, 0.717) is 6.54 Å². The summed E-state index contributed by atoms with van der Waals surface area (Å²) in [5.41, 5.74) is 0.962. The Labute approximate surface area is 104 Å². The van der Waals surface area contributed by atoms with Crippen LogP contribution < -0.4 is 5.56 Å². The molecule has 0 atom stereocenters. The molecule has 2 aromatic rings. The number of pyridine rings is 1. The van der Waals surface area contributed by atoms with E-state index in [0.717, 1.165) is 11.3 Å². The van der Waals surface area contributed by atoms with Crippen LogP contribution in [-0.4, -0.2) is 15.6 Å². The molecule has 4 nitrogen and oxygen atoms in total. The molecule has 0 saturated heterocycles. The van der Waals surface area contributed by atoms with E-state index in [-0.39, 0.29) is 5.56 Å². The van der Waals surface area contributed by atoms with Crippen molar-refractivity contribution in [3.8, 4) is 11.3 Å². The molecule has 0 unspecified atom stereocenters. The summed E-state index contributed by atoms with van der Waals surface area (Å²) in [6, 6.07) is 12.5. The van der Waals surface area contributed by atoms with E-state index in [1.807, 2.05) is 37.3 Å². The minimum atomic E-state index is -1.19. The molecule has 2 rings (SSSR count). The summed E-state index contributed by atoms with van der Waals surface area (Å²) in [7, 11) is 0. The van der Waals surface area contributed by atoms with Gasteiger partial charge in [-0.1, -0.05) is 30.3 Å². The van der Waals surface area contributed by atoms with Gasteiger partial charge >= 0.3 is 5.97 Å². The second-order valence-corrected chi connectivity index (χ2v) is 3.85. The third kappa shape index (κ3) is 2.05. The molecule has 0 aliphatic heterocycles. The van der Waals surface area contributed by atoms with E-state index in [1.54, 1.807) is 6.07 Å². The van der Waals surface area contributed by atoms with Gasteiger partial charge in [-0.05, 0) is 24.6 Å². The zero-order valence-electron chi connectivity index (χ0n) is 9.96. The maximum atomic E-state index is 12.0. The van der Waals surface area contributed by atoms with E-state index >= 15 is 0 Å². The number of hydrogen-bond donors (Lipinski definition) is 1. The Morgan fingerprint density at radius 3 is 2.39 bits per heavy atom. The zero-order chi connectivity index (χ0) is 13.1. The maximum Gasteiger partial charge on any atom is 0.341 e. The summed E-state index contributed by atoms with van der Waals surface area (Å²) in [6.45, 7) is 2.25. The number of rotatable bonds is 3. The predicted molar refractivity (Wildman–Crippen MR) is 68.8 cm³/mol. The van der Waals surface area contributed by atoms with Crippen LogP contribution in [0.15, 0.2) is 47.3 Å². The Kier molecular flexibility index (Phi) is 3.28. The Balaban J connectivity index is 2.68. The molecule has 1 N–H and O–H groups in total. The molecule has 1 aromatic carbocycles. The Bertz CT molecular complexity index is 629. The highest BCUT2D eigenvalue weighted by Crippen LogP contribution is 2.17. The second-order valence-electron chi connectivity index (χ2n) is 3.85. The molecule has 1 heterocycles. The Hall–Kier alpha value is -2.36. The summed E-state index contributed by atoms with van der Waals surface area (Å²) in [5, 5.41) is 8.93. The van der Waals surface area contributed by atoms with Gasteiger partial charge in [0.15, 0.2) is 0 Å². The number of carbonyl (C=O) groups is 1. The molecule has 0 saturated carbocycles. The average Bonchev–Trinajstić information content (AvgIpc) is 2.39. The summed E-state index contributed by atoms with van der Waals surface area (Å²) in [5.74, 6) is -1.19. The first-order valence-corrected chi connectivity index (χ1v) is 5.67. The van der Waals surface area contributed by atoms with Gasteiger partial charge in [0.2, 0.25) is 0 Å². The number of carboxylic acids is 1. The van der Waals surface area contributed by atoms with Crippen molar-refractivity contribution in [3.63, 3.8) is 0 Å². The standard InChI is InChI=1S/C14H13NO3/c1-2-15-12(10-6-4-3-5-7-10)9-8-11(13(15)16)14(17)18/h3-9H,2H2,1H3,(H,17,18). The van der Waals surface area contributed by atoms with Crippen molar-refractivity contribution in [3.05, 3.63) is 58.4 Å². The van der Waals surface area contributed by atoms with E-state index in [2.05, 4.69) is 0 Å². The molecule has 0 aliphatic carbocycles. The van der Waals surface area contributed by atoms with Crippen molar-refractivity contribution in [1.29, 1.82) is 0 Å². The highest BCUT2D eigenvalue weighted by molar-refractivity contribution is 5.87. The number of aromatic nitrogens is 1. The van der Waals surface area contributed by atoms with Crippen LogP contribution in [0.4, 0.5) is 0 Å². The lowest BCUT2D eigenvalue weighted by atomic mass is 10.1. The Morgan fingerprint density at radius 1 is 1.17 bits per heavy atom. The fraction of sp³-hybridized carbons (Fsp3) is 0.143. The number of hydrogen-bond acceptors (Lipinski definition) is 2. The minimum Gasteiger partial charge on any atom is -0.477 e. The van der Waals surface area contributed by atoms with Crippen LogP contribution in [0.2, 0.25) is 0 Å². The van der Waals surface area contributed by atoms with Crippen LogP contribution in [0.1, 0.15) is 17.3 Å². The third-order valence-electron chi connectivity index (χ3n) is 2.79. The second kappa shape index (κ2) is 4.87. The number of aromatic carboxylic acids is 1. The molecule has 92 valence electrons. The maximum absolute atomic E-state index is 12.0. The molecular weight excluding hydrogens is 230 g/mol. The summed E-state index contributed by atoms with van der Waals surface area (Å²) in [4.78, 5) is 22.9. The third-order valence-corrected chi connectivity index (χ3v) is 2.79. The molecule has 1 aromatic heterocycles. The van der Waals surface area contributed by atoms with Crippen molar-refractivity contribution in [2.75, 3.05) is 0 Å². The molecule has 0 radical (unpaired) electrons. The average molecular weight is 243 g/mol. The monoisotopic (exact) mass is 243 g/mol. The number of carboxylic acid groups (broad SMARTS) is 1. The topological polar surface area (TPSA) is 59.3 Å². The van der Waals surface area contributed by atoms with Crippen LogP contribution in [-0.2, 0) is 6.54 Å². The first-order chi connectivity index (χ1) is 8.65. The fourth-order valence-electron chi connectivity index (χ4n) is 1.92. The molecular formula is C14H13NO3. The smallest absolute Gasteiger partial charge is 0.341 e. The minimum absolute atomic E-state index is 0.198. The van der Waals surface area contributed by atoms with Crippen molar-refractivity contribution >= 4 is 5.97 Å². The van der Waals surface area contributed by atoms with Crippen molar-refractivity contribution in [2.45, 2.75) is 13.5 Å². The normalized spacial score (nSPS) is 10.3. The molecule has 0 aliphatic rings. The zero-order valence-corrected chi connectivity index (χ0v) is 9.96. The molecule has 0 fully saturated rings. The van der Waals surface area contributed by atoms with E-state index in [4.69, 9.17) is 5.11 Å². The predicted octanol–water partition coefficient (Wildman–Crippen LogP) is 2.23. The summed E-state index contributed by atoms with van der Waals surface area (Å²) < 4.78 is 1.47. The quantitative estimate of drug-likeness (QED) is 0.899. The number of nitrogens with zero attached hydrogens (tertiary/aromatic N) is 1. The van der Waals surface area contributed by atoms with Crippen molar-refractivity contribution in [2.24, 2.45) is 0 Å². The summed E-state index contributed by atoms with van der Waals surface area (Å²) >= 11 is 0.